The van der Waals surface area contributed by atoms with Crippen molar-refractivity contribution in [1.29, 1.82) is 0 Å². The van der Waals surface area contributed by atoms with E-state index in [2.05, 4.69) is 38.1 Å². The van der Waals surface area contributed by atoms with Crippen molar-refractivity contribution in [1.82, 2.24) is 9.88 Å². The fourth-order valence-electron chi connectivity index (χ4n) is 2.70. The van der Waals surface area contributed by atoms with E-state index in [1.165, 1.54) is 5.56 Å². The molecule has 0 radical (unpaired) electrons. The highest BCUT2D eigenvalue weighted by molar-refractivity contribution is 7.99. The Kier molecular flexibility index (Phi) is 4.15. The van der Waals surface area contributed by atoms with Crippen molar-refractivity contribution in [3.8, 4) is 0 Å². The van der Waals surface area contributed by atoms with E-state index in [0.717, 1.165) is 47.4 Å². The molecule has 1 fully saturated rings. The number of hydrogen-bond acceptors (Lipinski definition) is 3. The lowest BCUT2D eigenvalue weighted by Crippen LogP contribution is -2.29. The average Bonchev–Trinajstić information content (AvgIpc) is 2.99. The molecular weight excluding hydrogens is 280 g/mol. The Morgan fingerprint density at radius 3 is 2.76 bits per heavy atom. The van der Waals surface area contributed by atoms with Crippen molar-refractivity contribution in [2.75, 3.05) is 18.8 Å². The Morgan fingerprint density at radius 2 is 2.00 bits per heavy atom. The van der Waals surface area contributed by atoms with Gasteiger partial charge < -0.3 is 4.90 Å². The van der Waals surface area contributed by atoms with E-state index in [-0.39, 0.29) is 5.91 Å². The topological polar surface area (TPSA) is 33.2 Å². The lowest BCUT2D eigenvalue weighted by Gasteiger charge is -2.15. The van der Waals surface area contributed by atoms with Crippen molar-refractivity contribution < 1.29 is 4.79 Å². The summed E-state index contributed by atoms with van der Waals surface area (Å²) in [5, 5.41) is 2.13. The number of carbonyl (C=O) groups excluding carboxylic acids is 1. The molecule has 0 spiro atoms. The summed E-state index contributed by atoms with van der Waals surface area (Å²) in [6, 6.07) is 8.47. The number of aryl methyl sites for hydroxylation is 2. The van der Waals surface area contributed by atoms with Crippen LogP contribution in [0, 0.1) is 13.8 Å². The van der Waals surface area contributed by atoms with Crippen molar-refractivity contribution in [3.63, 3.8) is 0 Å². The first-order valence-electron chi connectivity index (χ1n) is 7.42. The summed E-state index contributed by atoms with van der Waals surface area (Å²) in [4.78, 5) is 18.8. The summed E-state index contributed by atoms with van der Waals surface area (Å²) in [7, 11) is 0. The van der Waals surface area contributed by atoms with Crippen LogP contribution in [0.5, 0.6) is 0 Å². The molecule has 0 aliphatic carbocycles. The van der Waals surface area contributed by atoms with Gasteiger partial charge in [-0.15, -0.1) is 0 Å². The molecule has 3 rings (SSSR count). The van der Waals surface area contributed by atoms with Gasteiger partial charge in [0, 0.05) is 18.5 Å². The second-order valence-corrected chi connectivity index (χ2v) is 6.65. The Morgan fingerprint density at radius 1 is 1.24 bits per heavy atom. The van der Waals surface area contributed by atoms with Crippen LogP contribution in [0.2, 0.25) is 0 Å². The standard InChI is InChI=1S/C17H20N2OS/c1-12-5-6-14-10-13(2)17(18-15(14)9-12)21-11-16(20)19-7-3-4-8-19/h5-6,9-10H,3-4,7-8,11H2,1-2H3. The van der Waals surface area contributed by atoms with Crippen molar-refractivity contribution in [2.45, 2.75) is 31.7 Å². The van der Waals surface area contributed by atoms with Gasteiger partial charge in [-0.1, -0.05) is 23.9 Å². The third kappa shape index (κ3) is 3.21. The lowest BCUT2D eigenvalue weighted by atomic mass is 10.1. The number of aromatic nitrogens is 1. The molecule has 1 aliphatic heterocycles. The zero-order valence-electron chi connectivity index (χ0n) is 12.6. The van der Waals surface area contributed by atoms with Gasteiger partial charge in [-0.3, -0.25) is 4.79 Å². The van der Waals surface area contributed by atoms with Gasteiger partial charge in [0.05, 0.1) is 11.3 Å². The lowest BCUT2D eigenvalue weighted by molar-refractivity contribution is -0.127. The Bertz CT molecular complexity index is 678. The first-order chi connectivity index (χ1) is 10.1. The molecular formula is C17H20N2OS. The number of amides is 1. The molecule has 0 atom stereocenters. The Balaban J connectivity index is 1.76. The largest absolute Gasteiger partial charge is 0.342 e. The van der Waals surface area contributed by atoms with Gasteiger partial charge in [0.2, 0.25) is 5.91 Å². The Labute approximate surface area is 129 Å². The number of nitrogens with zero attached hydrogens (tertiary/aromatic N) is 2. The molecule has 0 unspecified atom stereocenters. The maximum absolute atomic E-state index is 12.1. The van der Waals surface area contributed by atoms with Crippen LogP contribution in [0.1, 0.15) is 24.0 Å². The third-order valence-corrected chi connectivity index (χ3v) is 4.99. The minimum Gasteiger partial charge on any atom is -0.342 e. The van der Waals surface area contributed by atoms with Crippen LogP contribution in [-0.4, -0.2) is 34.6 Å². The summed E-state index contributed by atoms with van der Waals surface area (Å²) < 4.78 is 0. The van der Waals surface area contributed by atoms with E-state index in [0.29, 0.717) is 5.75 Å². The number of rotatable bonds is 3. The maximum atomic E-state index is 12.1. The van der Waals surface area contributed by atoms with Gasteiger partial charge in [-0.05, 0) is 49.9 Å². The summed E-state index contributed by atoms with van der Waals surface area (Å²) in [5.74, 6) is 0.730. The predicted octanol–water partition coefficient (Wildman–Crippen LogP) is 3.57. The molecule has 1 saturated heterocycles. The van der Waals surface area contributed by atoms with E-state index >= 15 is 0 Å². The van der Waals surface area contributed by atoms with Gasteiger partial charge in [0.1, 0.15) is 5.03 Å². The summed E-state index contributed by atoms with van der Waals surface area (Å²) >= 11 is 1.56. The highest BCUT2D eigenvalue weighted by Crippen LogP contribution is 2.25. The number of benzene rings is 1. The summed E-state index contributed by atoms with van der Waals surface area (Å²) in [6.45, 7) is 5.98. The van der Waals surface area contributed by atoms with Crippen LogP contribution in [0.15, 0.2) is 29.3 Å². The molecule has 1 aromatic heterocycles. The molecule has 1 aliphatic rings. The minimum atomic E-state index is 0.239. The zero-order chi connectivity index (χ0) is 14.8. The van der Waals surface area contributed by atoms with E-state index in [9.17, 15) is 4.79 Å². The molecule has 3 nitrogen and oxygen atoms in total. The molecule has 0 N–H and O–H groups in total. The molecule has 1 aromatic carbocycles. The number of carbonyl (C=O) groups is 1. The Hall–Kier alpha value is -1.55. The quantitative estimate of drug-likeness (QED) is 0.813. The highest BCUT2D eigenvalue weighted by atomic mass is 32.2. The van der Waals surface area contributed by atoms with Gasteiger partial charge in [-0.2, -0.15) is 0 Å². The molecule has 21 heavy (non-hydrogen) atoms. The molecule has 1 amide bonds. The number of pyridine rings is 1. The van der Waals surface area contributed by atoms with Gasteiger partial charge in [0.15, 0.2) is 0 Å². The van der Waals surface area contributed by atoms with Crippen LogP contribution in [0.25, 0.3) is 10.9 Å². The van der Waals surface area contributed by atoms with Crippen molar-refractivity contribution >= 4 is 28.6 Å². The molecule has 0 bridgehead atoms. The van der Waals surface area contributed by atoms with E-state index in [1.807, 2.05) is 4.90 Å². The van der Waals surface area contributed by atoms with Crippen LogP contribution >= 0.6 is 11.8 Å². The molecule has 2 aromatic rings. The predicted molar refractivity (Wildman–Crippen MR) is 87.8 cm³/mol. The van der Waals surface area contributed by atoms with Crippen molar-refractivity contribution in [3.05, 3.63) is 35.4 Å². The molecule has 0 saturated carbocycles. The first kappa shape index (κ1) is 14.4. The van der Waals surface area contributed by atoms with E-state index in [4.69, 9.17) is 4.98 Å². The number of hydrogen-bond donors (Lipinski definition) is 0. The van der Waals surface area contributed by atoms with Crippen LogP contribution in [0.4, 0.5) is 0 Å². The molecule has 4 heteroatoms. The number of fused-ring (bicyclic) bond motifs is 1. The fourth-order valence-corrected chi connectivity index (χ4v) is 3.59. The normalized spacial score (nSPS) is 14.9. The fraction of sp³-hybridized carbons (Fsp3) is 0.412. The second-order valence-electron chi connectivity index (χ2n) is 5.68. The highest BCUT2D eigenvalue weighted by Gasteiger charge is 2.18. The van der Waals surface area contributed by atoms with Crippen LogP contribution < -0.4 is 0 Å². The average molecular weight is 300 g/mol. The zero-order valence-corrected chi connectivity index (χ0v) is 13.4. The number of likely N-dealkylation sites (tertiary alicyclic amines) is 1. The van der Waals surface area contributed by atoms with Crippen molar-refractivity contribution in [2.24, 2.45) is 0 Å². The summed E-state index contributed by atoms with van der Waals surface area (Å²) in [6.07, 6.45) is 2.28. The smallest absolute Gasteiger partial charge is 0.232 e. The SMILES string of the molecule is Cc1ccc2cc(C)c(SCC(=O)N3CCCC3)nc2c1. The van der Waals surface area contributed by atoms with Crippen LogP contribution in [-0.2, 0) is 4.79 Å². The van der Waals surface area contributed by atoms with E-state index < -0.39 is 0 Å². The second kappa shape index (κ2) is 6.06. The van der Waals surface area contributed by atoms with Gasteiger partial charge in [0.25, 0.3) is 0 Å². The monoisotopic (exact) mass is 300 g/mol. The third-order valence-electron chi connectivity index (χ3n) is 3.91. The minimum absolute atomic E-state index is 0.239. The first-order valence-corrected chi connectivity index (χ1v) is 8.40. The van der Waals surface area contributed by atoms with E-state index in [1.54, 1.807) is 11.8 Å². The van der Waals surface area contributed by atoms with Gasteiger partial charge in [-0.25, -0.2) is 4.98 Å². The van der Waals surface area contributed by atoms with Crippen LogP contribution in [0.3, 0.4) is 0 Å². The van der Waals surface area contributed by atoms with Gasteiger partial charge >= 0.3 is 0 Å². The molecule has 110 valence electrons. The maximum Gasteiger partial charge on any atom is 0.232 e. The molecule has 2 heterocycles. The summed E-state index contributed by atoms with van der Waals surface area (Å²) in [5.41, 5.74) is 3.37. The number of thioether (sulfide) groups is 1.